The van der Waals surface area contributed by atoms with Crippen molar-refractivity contribution in [1.29, 1.82) is 0 Å². The van der Waals surface area contributed by atoms with Gasteiger partial charge < -0.3 is 31.7 Å². The number of nitrogens with two attached hydrogens (primary N) is 1. The van der Waals surface area contributed by atoms with Crippen LogP contribution >= 0.6 is 0 Å². The molecule has 12 heteroatoms. The number of aliphatic hydroxyl groups is 1. The van der Waals surface area contributed by atoms with Crippen molar-refractivity contribution in [3.05, 3.63) is 0 Å². The Kier molecular flexibility index (Phi) is 17.0. The summed E-state index contributed by atoms with van der Waals surface area (Å²) in [5.74, 6) is -2.15. The lowest BCUT2D eigenvalue weighted by molar-refractivity contribution is -0.144. The van der Waals surface area contributed by atoms with E-state index >= 15 is 0 Å². The topological polar surface area (TPSA) is 174 Å². The maximum atomic E-state index is 14.0. The monoisotopic (exact) mass is 636 g/mol. The lowest BCUT2D eigenvalue weighted by atomic mass is 9.83. The first-order valence-corrected chi connectivity index (χ1v) is 17.2. The van der Waals surface area contributed by atoms with Gasteiger partial charge in [-0.25, -0.2) is 0 Å². The Morgan fingerprint density at radius 2 is 1.56 bits per heavy atom. The summed E-state index contributed by atoms with van der Waals surface area (Å²) >= 11 is 0. The van der Waals surface area contributed by atoms with Gasteiger partial charge in [-0.2, -0.15) is 0 Å². The number of ketones is 1. The molecule has 1 aliphatic carbocycles. The van der Waals surface area contributed by atoms with Crippen LogP contribution in [0.3, 0.4) is 0 Å². The van der Waals surface area contributed by atoms with Crippen LogP contribution in [0.4, 0.5) is 0 Å². The zero-order valence-corrected chi connectivity index (χ0v) is 28.3. The maximum absolute atomic E-state index is 14.0. The van der Waals surface area contributed by atoms with Gasteiger partial charge in [0.25, 0.3) is 0 Å². The number of hydrogen-bond acceptors (Lipinski definition) is 8. The van der Waals surface area contributed by atoms with E-state index in [0.29, 0.717) is 25.9 Å². The number of carbonyl (C=O) groups excluding carboxylic acids is 5. The largest absolute Gasteiger partial charge is 0.394 e. The van der Waals surface area contributed by atoms with E-state index in [0.717, 1.165) is 57.8 Å². The predicted octanol–water partition coefficient (Wildman–Crippen LogP) is 1.48. The number of rotatable bonds is 10. The molecular formula is C33H60N6O6. The molecule has 2 rings (SSSR count). The molecule has 12 nitrogen and oxygen atoms in total. The summed E-state index contributed by atoms with van der Waals surface area (Å²) in [6, 6.07) is -4.55. The fourth-order valence-electron chi connectivity index (χ4n) is 6.47. The van der Waals surface area contributed by atoms with E-state index in [9.17, 15) is 29.1 Å². The summed E-state index contributed by atoms with van der Waals surface area (Å²) in [7, 11) is 1.65. The average Bonchev–Trinajstić information content (AvgIpc) is 3.03. The number of nitrogens with zero attached hydrogens (tertiary/aromatic N) is 2. The van der Waals surface area contributed by atoms with Crippen LogP contribution in [0.5, 0.6) is 0 Å². The van der Waals surface area contributed by atoms with Gasteiger partial charge in [-0.15, -0.1) is 0 Å². The van der Waals surface area contributed by atoms with Crippen LogP contribution in [-0.2, 0) is 24.0 Å². The minimum Gasteiger partial charge on any atom is -0.394 e. The Hall–Kier alpha value is -2.57. The van der Waals surface area contributed by atoms with Crippen LogP contribution in [-0.4, -0.2) is 108 Å². The van der Waals surface area contributed by atoms with Crippen LogP contribution in [0, 0.1) is 11.8 Å². The first-order chi connectivity index (χ1) is 21.4. The molecule has 0 unspecified atom stereocenters. The van der Waals surface area contributed by atoms with Crippen LogP contribution in [0.2, 0.25) is 0 Å². The van der Waals surface area contributed by atoms with Gasteiger partial charge in [-0.3, -0.25) is 28.9 Å². The molecule has 0 aromatic rings. The van der Waals surface area contributed by atoms with Gasteiger partial charge in [0.05, 0.1) is 12.6 Å². The third-order valence-electron chi connectivity index (χ3n) is 9.34. The smallest absolute Gasteiger partial charge is 0.244 e. The van der Waals surface area contributed by atoms with Crippen molar-refractivity contribution in [2.45, 2.75) is 135 Å². The number of likely N-dealkylation sites (N-methyl/N-ethyl adjacent to an activating group) is 1. The molecule has 1 saturated carbocycles. The van der Waals surface area contributed by atoms with E-state index in [-0.39, 0.29) is 36.5 Å². The van der Waals surface area contributed by atoms with Crippen LogP contribution in [0.1, 0.15) is 105 Å². The molecule has 45 heavy (non-hydrogen) atoms. The van der Waals surface area contributed by atoms with E-state index in [1.165, 1.54) is 4.90 Å². The van der Waals surface area contributed by atoms with Crippen molar-refractivity contribution in [2.24, 2.45) is 17.6 Å². The molecule has 0 radical (unpaired) electrons. The number of nitrogens with one attached hydrogen (secondary N) is 3. The van der Waals surface area contributed by atoms with E-state index in [1.807, 2.05) is 20.8 Å². The minimum atomic E-state index is -1.16. The Balaban J connectivity index is 2.49. The Bertz CT molecular complexity index is 971. The minimum absolute atomic E-state index is 0.0928. The third kappa shape index (κ3) is 11.9. The van der Waals surface area contributed by atoms with Gasteiger partial charge in [-0.05, 0) is 64.0 Å². The first-order valence-electron chi connectivity index (χ1n) is 17.2. The SMILES string of the molecule is CCCCCCN1CCCC(=O)[C@H](CO)NC(=O)[C@H](CN)NC(=O)[C@H](C2CCCCC2)NC(=O)[C@H](CC(C)C)N(C)C(=O)[C@@H]1C. The van der Waals surface area contributed by atoms with Crippen LogP contribution in [0.15, 0.2) is 0 Å². The van der Waals surface area contributed by atoms with E-state index in [4.69, 9.17) is 5.73 Å². The number of Topliss-reactive ketones (excluding diaryl/α,β-unsaturated/α-hetero) is 1. The van der Waals surface area contributed by atoms with Gasteiger partial charge >= 0.3 is 0 Å². The van der Waals surface area contributed by atoms with Gasteiger partial charge in [0.15, 0.2) is 5.78 Å². The zero-order valence-electron chi connectivity index (χ0n) is 28.3. The Morgan fingerprint density at radius 3 is 2.16 bits per heavy atom. The summed E-state index contributed by atoms with van der Waals surface area (Å²) in [6.45, 7) is 8.28. The van der Waals surface area contributed by atoms with Crippen molar-refractivity contribution in [3.8, 4) is 0 Å². The molecule has 258 valence electrons. The van der Waals surface area contributed by atoms with Gasteiger partial charge in [0, 0.05) is 20.0 Å². The molecule has 5 atom stereocenters. The highest BCUT2D eigenvalue weighted by Crippen LogP contribution is 2.27. The summed E-state index contributed by atoms with van der Waals surface area (Å²) < 4.78 is 0. The molecule has 0 spiro atoms. The lowest BCUT2D eigenvalue weighted by Crippen LogP contribution is -2.62. The average molecular weight is 637 g/mol. The highest BCUT2D eigenvalue weighted by atomic mass is 16.3. The number of amides is 4. The molecule has 6 N–H and O–H groups in total. The second kappa shape index (κ2) is 19.8. The Morgan fingerprint density at radius 1 is 0.889 bits per heavy atom. The van der Waals surface area contributed by atoms with E-state index in [1.54, 1.807) is 7.05 Å². The standard InChI is InChI=1S/C33H60N6O6/c1-6-7-8-12-17-39-18-13-16-28(41)26(21-40)36-30(42)25(20-34)35-32(44)29(24-14-10-9-11-15-24)37-31(43)27(19-22(2)3)38(5)33(45)23(39)4/h22-27,29,40H,6-21,34H2,1-5H3,(H,35,44)(H,36,42)(H,37,43)/t23-,25-,26-,27-,29-/m0/s1. The Labute approximate surface area is 270 Å². The number of aliphatic hydroxyl groups excluding tert-OH is 1. The van der Waals surface area contributed by atoms with Gasteiger partial charge in [0.1, 0.15) is 24.2 Å². The number of hydrogen-bond donors (Lipinski definition) is 5. The summed E-state index contributed by atoms with van der Waals surface area (Å²) in [4.78, 5) is 71.5. The highest BCUT2D eigenvalue weighted by Gasteiger charge is 2.38. The third-order valence-corrected chi connectivity index (χ3v) is 9.34. The molecule has 0 aromatic carbocycles. The van der Waals surface area contributed by atoms with Crippen LogP contribution < -0.4 is 21.7 Å². The first kappa shape index (κ1) is 38.6. The lowest BCUT2D eigenvalue weighted by Gasteiger charge is -2.37. The second-order valence-electron chi connectivity index (χ2n) is 13.4. The number of unbranched alkanes of at least 4 members (excludes halogenated alkanes) is 3. The molecule has 4 amide bonds. The van der Waals surface area contributed by atoms with Gasteiger partial charge in [0.2, 0.25) is 23.6 Å². The van der Waals surface area contributed by atoms with Crippen molar-refractivity contribution >= 4 is 29.4 Å². The molecule has 1 aliphatic heterocycles. The van der Waals surface area contributed by atoms with E-state index < -0.39 is 54.5 Å². The zero-order chi connectivity index (χ0) is 33.5. The number of carbonyl (C=O) groups is 5. The quantitative estimate of drug-likeness (QED) is 0.224. The van der Waals surface area contributed by atoms with Crippen molar-refractivity contribution in [3.63, 3.8) is 0 Å². The van der Waals surface area contributed by atoms with Crippen molar-refractivity contribution < 1.29 is 29.1 Å². The molecule has 1 heterocycles. The molecular weight excluding hydrogens is 576 g/mol. The summed E-state index contributed by atoms with van der Waals surface area (Å²) in [6.07, 6.45) is 9.39. The second-order valence-corrected chi connectivity index (χ2v) is 13.4. The maximum Gasteiger partial charge on any atom is 0.244 e. The molecule has 1 saturated heterocycles. The molecule has 2 fully saturated rings. The fourth-order valence-corrected chi connectivity index (χ4v) is 6.47. The normalized spacial score (nSPS) is 28.0. The van der Waals surface area contributed by atoms with Crippen molar-refractivity contribution in [2.75, 3.05) is 33.3 Å². The van der Waals surface area contributed by atoms with Crippen LogP contribution in [0.25, 0.3) is 0 Å². The molecule has 0 aromatic heterocycles. The summed E-state index contributed by atoms with van der Waals surface area (Å²) in [5, 5.41) is 18.2. The van der Waals surface area contributed by atoms with Crippen molar-refractivity contribution in [1.82, 2.24) is 25.8 Å². The molecule has 2 aliphatic rings. The molecule has 0 bridgehead atoms. The summed E-state index contributed by atoms with van der Waals surface area (Å²) in [5.41, 5.74) is 5.89. The highest BCUT2D eigenvalue weighted by molar-refractivity contribution is 5.96. The van der Waals surface area contributed by atoms with E-state index in [2.05, 4.69) is 27.8 Å². The predicted molar refractivity (Wildman–Crippen MR) is 174 cm³/mol. The fraction of sp³-hybridized carbons (Fsp3) is 0.848. The van der Waals surface area contributed by atoms with Gasteiger partial charge in [-0.1, -0.05) is 59.3 Å².